The van der Waals surface area contributed by atoms with E-state index < -0.39 is 0 Å². The van der Waals surface area contributed by atoms with Crippen LogP contribution in [0.2, 0.25) is 0 Å². The van der Waals surface area contributed by atoms with E-state index in [4.69, 9.17) is 10.5 Å². The normalized spacial score (nSPS) is 10.8. The summed E-state index contributed by atoms with van der Waals surface area (Å²) in [6.07, 6.45) is 3.57. The number of benzene rings is 1. The molecule has 0 aliphatic carbocycles. The Morgan fingerprint density at radius 1 is 1.32 bits per heavy atom. The van der Waals surface area contributed by atoms with Gasteiger partial charge in [0.25, 0.3) is 0 Å². The van der Waals surface area contributed by atoms with E-state index >= 15 is 0 Å². The minimum absolute atomic E-state index is 0.251. The first kappa shape index (κ1) is 12.0. The molecular formula is C13H11BrN4O. The monoisotopic (exact) mass is 318 g/mol. The van der Waals surface area contributed by atoms with Crippen LogP contribution in [0, 0.1) is 0 Å². The van der Waals surface area contributed by atoms with Gasteiger partial charge in [-0.3, -0.25) is 0 Å². The maximum absolute atomic E-state index is 5.63. The first-order valence-corrected chi connectivity index (χ1v) is 6.42. The number of anilines is 1. The van der Waals surface area contributed by atoms with Crippen LogP contribution >= 0.6 is 15.9 Å². The van der Waals surface area contributed by atoms with Crippen LogP contribution in [-0.4, -0.2) is 21.6 Å². The second kappa shape index (κ2) is 4.55. The molecule has 0 bridgehead atoms. The smallest absolute Gasteiger partial charge is 0.221 e. The van der Waals surface area contributed by atoms with Gasteiger partial charge in [0, 0.05) is 22.3 Å². The lowest BCUT2D eigenvalue weighted by molar-refractivity contribution is 0.419. The van der Waals surface area contributed by atoms with Gasteiger partial charge in [0.1, 0.15) is 11.6 Å². The van der Waals surface area contributed by atoms with Crippen molar-refractivity contribution >= 4 is 32.8 Å². The van der Waals surface area contributed by atoms with Gasteiger partial charge >= 0.3 is 0 Å². The summed E-state index contributed by atoms with van der Waals surface area (Å²) in [5, 5.41) is 1.02. The van der Waals surface area contributed by atoms with E-state index in [0.717, 1.165) is 26.9 Å². The molecule has 3 aromatic rings. The average molecular weight is 319 g/mol. The van der Waals surface area contributed by atoms with Gasteiger partial charge in [-0.15, -0.1) is 0 Å². The average Bonchev–Trinajstić information content (AvgIpc) is 2.81. The minimum Gasteiger partial charge on any atom is -0.496 e. The molecule has 3 rings (SSSR count). The van der Waals surface area contributed by atoms with Crippen molar-refractivity contribution in [2.45, 2.75) is 0 Å². The number of nitrogens with zero attached hydrogens (tertiary/aromatic N) is 3. The second-order valence-electron chi connectivity index (χ2n) is 4.00. The summed E-state index contributed by atoms with van der Waals surface area (Å²) in [5.74, 6) is 1.79. The van der Waals surface area contributed by atoms with Crippen LogP contribution in [0.25, 0.3) is 16.7 Å². The Balaban J connectivity index is 2.28. The number of halogens is 1. The van der Waals surface area contributed by atoms with Gasteiger partial charge in [0.05, 0.1) is 12.6 Å². The molecule has 0 unspecified atom stereocenters. The molecule has 0 spiro atoms. The summed E-state index contributed by atoms with van der Waals surface area (Å²) in [7, 11) is 1.65. The standard InChI is InChI=1S/C13H11BrN4O/c1-19-11-7-8(14)6-10-9(11)3-5-18(10)12-2-4-16-13(15)17-12/h2-7H,1H3,(H2,15,16,17). The summed E-state index contributed by atoms with van der Waals surface area (Å²) in [6.45, 7) is 0. The van der Waals surface area contributed by atoms with Crippen LogP contribution in [-0.2, 0) is 0 Å². The first-order chi connectivity index (χ1) is 9.19. The van der Waals surface area contributed by atoms with Crippen molar-refractivity contribution in [2.24, 2.45) is 0 Å². The van der Waals surface area contributed by atoms with Gasteiger partial charge in [-0.25, -0.2) is 4.98 Å². The van der Waals surface area contributed by atoms with Crippen LogP contribution in [0.5, 0.6) is 5.75 Å². The van der Waals surface area contributed by atoms with Crippen LogP contribution in [0.4, 0.5) is 5.95 Å². The zero-order chi connectivity index (χ0) is 13.4. The summed E-state index contributed by atoms with van der Waals surface area (Å²) in [4.78, 5) is 8.12. The van der Waals surface area contributed by atoms with Crippen LogP contribution in [0.1, 0.15) is 0 Å². The van der Waals surface area contributed by atoms with Gasteiger partial charge in [-0.1, -0.05) is 15.9 Å². The largest absolute Gasteiger partial charge is 0.496 e. The summed E-state index contributed by atoms with van der Waals surface area (Å²) in [5.41, 5.74) is 6.62. The Bertz CT molecular complexity index is 753. The van der Waals surface area contributed by atoms with Crippen molar-refractivity contribution in [3.63, 3.8) is 0 Å². The Morgan fingerprint density at radius 3 is 2.89 bits per heavy atom. The molecule has 2 aromatic heterocycles. The van der Waals surface area contributed by atoms with Gasteiger partial charge in [0.2, 0.25) is 5.95 Å². The highest BCUT2D eigenvalue weighted by Crippen LogP contribution is 2.32. The second-order valence-corrected chi connectivity index (χ2v) is 4.92. The molecule has 0 radical (unpaired) electrons. The van der Waals surface area contributed by atoms with Crippen LogP contribution in [0.3, 0.4) is 0 Å². The maximum atomic E-state index is 5.63. The van der Waals surface area contributed by atoms with E-state index in [1.54, 1.807) is 13.3 Å². The van der Waals surface area contributed by atoms with Gasteiger partial charge in [-0.05, 0) is 24.3 Å². The lowest BCUT2D eigenvalue weighted by atomic mass is 10.2. The maximum Gasteiger partial charge on any atom is 0.221 e. The molecule has 19 heavy (non-hydrogen) atoms. The molecular weight excluding hydrogens is 308 g/mol. The molecule has 96 valence electrons. The third-order valence-corrected chi connectivity index (χ3v) is 3.32. The summed E-state index contributed by atoms with van der Waals surface area (Å²) < 4.78 is 8.27. The molecule has 0 saturated carbocycles. The highest BCUT2D eigenvalue weighted by Gasteiger charge is 2.10. The number of nitrogen functional groups attached to an aromatic ring is 1. The van der Waals surface area contributed by atoms with Gasteiger partial charge in [0.15, 0.2) is 0 Å². The third kappa shape index (κ3) is 2.04. The van der Waals surface area contributed by atoms with Gasteiger partial charge in [-0.2, -0.15) is 4.98 Å². The Kier molecular flexibility index (Phi) is 2.87. The summed E-state index contributed by atoms with van der Waals surface area (Å²) >= 11 is 3.48. The number of fused-ring (bicyclic) bond motifs is 1. The molecule has 0 amide bonds. The van der Waals surface area contributed by atoms with E-state index in [1.807, 2.05) is 35.0 Å². The number of hydrogen-bond donors (Lipinski definition) is 1. The predicted octanol–water partition coefficient (Wildman–Crippen LogP) is 2.77. The minimum atomic E-state index is 0.251. The fraction of sp³-hybridized carbons (Fsp3) is 0.0769. The SMILES string of the molecule is COc1cc(Br)cc2c1ccn2-c1ccnc(N)n1. The molecule has 1 aromatic carbocycles. The number of hydrogen-bond acceptors (Lipinski definition) is 4. The zero-order valence-corrected chi connectivity index (χ0v) is 11.8. The molecule has 0 aliphatic heterocycles. The molecule has 6 heteroatoms. The van der Waals surface area contributed by atoms with E-state index in [0.29, 0.717) is 0 Å². The number of rotatable bonds is 2. The van der Waals surface area contributed by atoms with Crippen molar-refractivity contribution in [2.75, 3.05) is 12.8 Å². The molecule has 0 aliphatic rings. The lowest BCUT2D eigenvalue weighted by Crippen LogP contribution is -2.01. The number of nitrogens with two attached hydrogens (primary N) is 1. The Labute approximate surface area is 118 Å². The Hall–Kier alpha value is -2.08. The third-order valence-electron chi connectivity index (χ3n) is 2.86. The first-order valence-electron chi connectivity index (χ1n) is 5.62. The number of methoxy groups -OCH3 is 1. The van der Waals surface area contributed by atoms with Gasteiger partial charge < -0.3 is 15.0 Å². The Morgan fingerprint density at radius 2 is 2.16 bits per heavy atom. The van der Waals surface area contributed by atoms with Crippen molar-refractivity contribution in [1.82, 2.24) is 14.5 Å². The fourth-order valence-corrected chi connectivity index (χ4v) is 2.47. The number of aromatic nitrogens is 3. The number of ether oxygens (including phenoxy) is 1. The van der Waals surface area contributed by atoms with Crippen molar-refractivity contribution in [3.8, 4) is 11.6 Å². The molecule has 2 heterocycles. The zero-order valence-electron chi connectivity index (χ0n) is 10.2. The van der Waals surface area contributed by atoms with E-state index in [2.05, 4.69) is 25.9 Å². The van der Waals surface area contributed by atoms with Crippen molar-refractivity contribution in [3.05, 3.63) is 41.1 Å². The topological polar surface area (TPSA) is 66.0 Å². The van der Waals surface area contributed by atoms with E-state index in [9.17, 15) is 0 Å². The lowest BCUT2D eigenvalue weighted by Gasteiger charge is -2.07. The molecule has 0 atom stereocenters. The highest BCUT2D eigenvalue weighted by atomic mass is 79.9. The molecule has 2 N–H and O–H groups in total. The summed E-state index contributed by atoms with van der Waals surface area (Å²) in [6, 6.07) is 7.74. The van der Waals surface area contributed by atoms with Crippen LogP contribution in [0.15, 0.2) is 41.1 Å². The van der Waals surface area contributed by atoms with Crippen molar-refractivity contribution < 1.29 is 4.74 Å². The van der Waals surface area contributed by atoms with Crippen LogP contribution < -0.4 is 10.5 Å². The fourth-order valence-electron chi connectivity index (χ4n) is 2.04. The highest BCUT2D eigenvalue weighted by molar-refractivity contribution is 9.10. The predicted molar refractivity (Wildman–Crippen MR) is 77.5 cm³/mol. The van der Waals surface area contributed by atoms with Crippen molar-refractivity contribution in [1.29, 1.82) is 0 Å². The molecule has 0 saturated heterocycles. The van der Waals surface area contributed by atoms with E-state index in [1.165, 1.54) is 0 Å². The van der Waals surface area contributed by atoms with E-state index in [-0.39, 0.29) is 5.95 Å². The quantitative estimate of drug-likeness (QED) is 0.789. The molecule has 0 fully saturated rings. The molecule has 5 nitrogen and oxygen atoms in total.